The molecule has 0 bridgehead atoms. The van der Waals surface area contributed by atoms with E-state index < -0.39 is 0 Å². The van der Waals surface area contributed by atoms with Crippen molar-refractivity contribution in [3.8, 4) is 0 Å². The third-order valence-electron chi connectivity index (χ3n) is 3.27. The maximum Gasteiger partial charge on any atom is 0.0299 e. The van der Waals surface area contributed by atoms with Crippen LogP contribution in [0.4, 0.5) is 0 Å². The number of nitrogens with two attached hydrogens (primary N) is 1. The van der Waals surface area contributed by atoms with Gasteiger partial charge in [0.2, 0.25) is 0 Å². The van der Waals surface area contributed by atoms with Crippen LogP contribution in [0.3, 0.4) is 0 Å². The van der Waals surface area contributed by atoms with Crippen molar-refractivity contribution in [1.29, 1.82) is 0 Å². The molecule has 2 heteroatoms. The molecule has 0 fully saturated rings. The molecule has 1 unspecified atom stereocenters. The summed E-state index contributed by atoms with van der Waals surface area (Å²) in [6.07, 6.45) is 13.2. The van der Waals surface area contributed by atoms with Gasteiger partial charge in [0.15, 0.2) is 0 Å². The van der Waals surface area contributed by atoms with E-state index in [2.05, 4.69) is 17.1 Å². The minimum atomic E-state index is 0.250. The number of pyridine rings is 1. The van der Waals surface area contributed by atoms with Crippen molar-refractivity contribution in [3.63, 3.8) is 0 Å². The Morgan fingerprint density at radius 1 is 1.38 bits per heavy atom. The zero-order valence-electron chi connectivity index (χ0n) is 9.73. The van der Waals surface area contributed by atoms with Crippen molar-refractivity contribution >= 4 is 0 Å². The summed E-state index contributed by atoms with van der Waals surface area (Å²) in [6, 6.07) is 4.36. The van der Waals surface area contributed by atoms with Gasteiger partial charge in [0.25, 0.3) is 0 Å². The molecule has 1 atom stereocenters. The first-order valence-electron chi connectivity index (χ1n) is 6.19. The van der Waals surface area contributed by atoms with Gasteiger partial charge in [-0.2, -0.15) is 0 Å². The Balaban J connectivity index is 1.83. The van der Waals surface area contributed by atoms with Crippen LogP contribution in [0.1, 0.15) is 37.7 Å². The Morgan fingerprint density at radius 3 is 3.00 bits per heavy atom. The van der Waals surface area contributed by atoms with Crippen molar-refractivity contribution in [1.82, 2.24) is 4.98 Å². The van der Waals surface area contributed by atoms with Gasteiger partial charge < -0.3 is 5.73 Å². The fraction of sp³-hybridized carbons (Fsp3) is 0.500. The third-order valence-corrected chi connectivity index (χ3v) is 3.27. The van der Waals surface area contributed by atoms with E-state index in [0.717, 1.165) is 12.8 Å². The predicted octanol–water partition coefficient (Wildman–Crippen LogP) is 2.84. The molecule has 0 spiro atoms. The molecule has 1 aliphatic rings. The number of aryl methyl sites for hydroxylation is 1. The Hall–Kier alpha value is -1.15. The highest BCUT2D eigenvalue weighted by atomic mass is 14.6. The Kier molecular flexibility index (Phi) is 4.11. The van der Waals surface area contributed by atoms with E-state index in [1.165, 1.54) is 36.8 Å². The van der Waals surface area contributed by atoms with Crippen LogP contribution in [0.5, 0.6) is 0 Å². The molecule has 0 saturated carbocycles. The molecule has 0 radical (unpaired) electrons. The van der Waals surface area contributed by atoms with Gasteiger partial charge in [0.05, 0.1) is 0 Å². The van der Waals surface area contributed by atoms with Gasteiger partial charge in [0.1, 0.15) is 0 Å². The van der Waals surface area contributed by atoms with Gasteiger partial charge in [-0.05, 0) is 50.2 Å². The van der Waals surface area contributed by atoms with Crippen molar-refractivity contribution in [2.45, 2.75) is 44.6 Å². The van der Waals surface area contributed by atoms with E-state index in [1.807, 2.05) is 18.5 Å². The van der Waals surface area contributed by atoms with Gasteiger partial charge in [-0.15, -0.1) is 0 Å². The standard InChI is InChI=1S/C14H20N2/c15-14(13-6-2-1-3-7-13)9-8-12-5-4-10-16-11-12/h4-6,10-11,14H,1-3,7-9,15H2. The predicted molar refractivity (Wildman–Crippen MR) is 67.1 cm³/mol. The van der Waals surface area contributed by atoms with E-state index in [4.69, 9.17) is 5.73 Å². The number of nitrogens with zero attached hydrogens (tertiary/aromatic N) is 1. The molecule has 0 aromatic carbocycles. The summed E-state index contributed by atoms with van der Waals surface area (Å²) in [7, 11) is 0. The van der Waals surface area contributed by atoms with Crippen molar-refractivity contribution in [2.75, 3.05) is 0 Å². The smallest absolute Gasteiger partial charge is 0.0299 e. The molecule has 2 N–H and O–H groups in total. The molecule has 1 aliphatic carbocycles. The monoisotopic (exact) mass is 216 g/mol. The van der Waals surface area contributed by atoms with Crippen LogP contribution in [-0.4, -0.2) is 11.0 Å². The topological polar surface area (TPSA) is 38.9 Å². The highest BCUT2D eigenvalue weighted by molar-refractivity contribution is 5.14. The van der Waals surface area contributed by atoms with Gasteiger partial charge in [-0.3, -0.25) is 4.98 Å². The molecule has 2 nitrogen and oxygen atoms in total. The fourth-order valence-electron chi connectivity index (χ4n) is 2.25. The van der Waals surface area contributed by atoms with E-state index in [1.54, 1.807) is 0 Å². The third kappa shape index (κ3) is 3.17. The van der Waals surface area contributed by atoms with Crippen LogP contribution in [0.15, 0.2) is 36.2 Å². The molecule has 0 amide bonds. The van der Waals surface area contributed by atoms with Crippen LogP contribution in [0.25, 0.3) is 0 Å². The lowest BCUT2D eigenvalue weighted by Crippen LogP contribution is -2.24. The number of hydrogen-bond acceptors (Lipinski definition) is 2. The Bertz CT molecular complexity index is 343. The average molecular weight is 216 g/mol. The summed E-state index contributed by atoms with van der Waals surface area (Å²) in [5, 5.41) is 0. The van der Waals surface area contributed by atoms with Gasteiger partial charge in [-0.25, -0.2) is 0 Å². The molecule has 16 heavy (non-hydrogen) atoms. The van der Waals surface area contributed by atoms with Crippen molar-refractivity contribution < 1.29 is 0 Å². The first kappa shape index (κ1) is 11.3. The summed E-state index contributed by atoms with van der Waals surface area (Å²) in [5.74, 6) is 0. The van der Waals surface area contributed by atoms with E-state index in [0.29, 0.717) is 0 Å². The van der Waals surface area contributed by atoms with Gasteiger partial charge in [0, 0.05) is 18.4 Å². The van der Waals surface area contributed by atoms with Crippen molar-refractivity contribution in [2.24, 2.45) is 5.73 Å². The molecular weight excluding hydrogens is 196 g/mol. The van der Waals surface area contributed by atoms with Gasteiger partial charge in [-0.1, -0.05) is 17.7 Å². The zero-order valence-corrected chi connectivity index (χ0v) is 9.73. The molecule has 1 aromatic heterocycles. The van der Waals surface area contributed by atoms with Crippen molar-refractivity contribution in [3.05, 3.63) is 41.7 Å². The summed E-state index contributed by atoms with van der Waals surface area (Å²) in [4.78, 5) is 4.12. The summed E-state index contributed by atoms with van der Waals surface area (Å²) in [5.41, 5.74) is 8.96. The lowest BCUT2D eigenvalue weighted by molar-refractivity contribution is 0.604. The first-order chi connectivity index (χ1) is 7.86. The second-order valence-electron chi connectivity index (χ2n) is 4.53. The van der Waals surface area contributed by atoms with Crippen LogP contribution in [0, 0.1) is 0 Å². The maximum absolute atomic E-state index is 6.21. The second kappa shape index (κ2) is 5.80. The molecule has 0 saturated heterocycles. The zero-order chi connectivity index (χ0) is 11.2. The number of aromatic nitrogens is 1. The first-order valence-corrected chi connectivity index (χ1v) is 6.19. The fourth-order valence-corrected chi connectivity index (χ4v) is 2.25. The second-order valence-corrected chi connectivity index (χ2v) is 4.53. The minimum absolute atomic E-state index is 0.250. The van der Waals surface area contributed by atoms with Crippen LogP contribution in [-0.2, 0) is 6.42 Å². The average Bonchev–Trinajstić information content (AvgIpc) is 2.38. The van der Waals surface area contributed by atoms with E-state index in [9.17, 15) is 0 Å². The molecule has 1 heterocycles. The Labute approximate surface area is 97.6 Å². The SMILES string of the molecule is NC(CCc1cccnc1)C1=CCCCC1. The largest absolute Gasteiger partial charge is 0.324 e. The molecule has 2 rings (SSSR count). The highest BCUT2D eigenvalue weighted by Crippen LogP contribution is 2.21. The van der Waals surface area contributed by atoms with Crippen LogP contribution < -0.4 is 5.73 Å². The molecule has 1 aromatic rings. The molecule has 86 valence electrons. The van der Waals surface area contributed by atoms with Gasteiger partial charge >= 0.3 is 0 Å². The van der Waals surface area contributed by atoms with Crippen LogP contribution >= 0.6 is 0 Å². The molecule has 0 aliphatic heterocycles. The number of hydrogen-bond donors (Lipinski definition) is 1. The molecular formula is C14H20N2. The van der Waals surface area contributed by atoms with E-state index in [-0.39, 0.29) is 6.04 Å². The lowest BCUT2D eigenvalue weighted by Gasteiger charge is -2.19. The summed E-state index contributed by atoms with van der Waals surface area (Å²) >= 11 is 0. The highest BCUT2D eigenvalue weighted by Gasteiger charge is 2.11. The number of allylic oxidation sites excluding steroid dienone is 1. The Morgan fingerprint density at radius 2 is 2.31 bits per heavy atom. The van der Waals surface area contributed by atoms with E-state index >= 15 is 0 Å². The maximum atomic E-state index is 6.21. The number of rotatable bonds is 4. The summed E-state index contributed by atoms with van der Waals surface area (Å²) < 4.78 is 0. The van der Waals surface area contributed by atoms with Crippen LogP contribution in [0.2, 0.25) is 0 Å². The normalized spacial score (nSPS) is 17.9. The minimum Gasteiger partial charge on any atom is -0.324 e. The lowest BCUT2D eigenvalue weighted by atomic mass is 9.91. The summed E-state index contributed by atoms with van der Waals surface area (Å²) in [6.45, 7) is 0. The quantitative estimate of drug-likeness (QED) is 0.786.